The maximum absolute atomic E-state index is 12.6. The molecular weight excluding hydrogens is 300 g/mol. The third-order valence-electron chi connectivity index (χ3n) is 3.74. The predicted octanol–water partition coefficient (Wildman–Crippen LogP) is 3.31. The lowest BCUT2D eigenvalue weighted by Gasteiger charge is -2.07. The van der Waals surface area contributed by atoms with E-state index in [-0.39, 0.29) is 11.6 Å². The van der Waals surface area contributed by atoms with E-state index in [1.807, 2.05) is 0 Å². The van der Waals surface area contributed by atoms with E-state index < -0.39 is 0 Å². The van der Waals surface area contributed by atoms with Gasteiger partial charge in [-0.25, -0.2) is 0 Å². The normalized spacial score (nSPS) is 10.3. The number of nitrogens with two attached hydrogens (primary N) is 2. The minimum atomic E-state index is -0.213. The van der Waals surface area contributed by atoms with Gasteiger partial charge in [0, 0.05) is 33.6 Å². The lowest BCUT2D eigenvalue weighted by molar-refractivity contribution is 0.103. The van der Waals surface area contributed by atoms with Crippen molar-refractivity contribution in [2.75, 3.05) is 11.5 Å². The van der Waals surface area contributed by atoms with Crippen molar-refractivity contribution >= 4 is 22.9 Å². The number of benzene rings is 3. The molecule has 4 heteroatoms. The highest BCUT2D eigenvalue weighted by Crippen LogP contribution is 2.19. The van der Waals surface area contributed by atoms with E-state index in [1.165, 1.54) is 0 Å². The molecular formula is C20H16N2O2. The van der Waals surface area contributed by atoms with E-state index in [0.717, 1.165) is 0 Å². The van der Waals surface area contributed by atoms with Crippen LogP contribution in [-0.2, 0) is 0 Å². The van der Waals surface area contributed by atoms with E-state index in [0.29, 0.717) is 33.6 Å². The van der Waals surface area contributed by atoms with Crippen LogP contribution in [-0.4, -0.2) is 11.6 Å². The second-order valence-electron chi connectivity index (χ2n) is 5.45. The van der Waals surface area contributed by atoms with Crippen LogP contribution in [0, 0.1) is 0 Å². The standard InChI is InChI=1S/C20H16N2O2/c21-16-8-4-7-15(12-16)19(23)13-5-3-6-14(11-13)20(24)17-9-1-2-10-18(17)22/h1-12H,21-22H2. The van der Waals surface area contributed by atoms with Gasteiger partial charge in [0.15, 0.2) is 11.6 Å². The van der Waals surface area contributed by atoms with Crippen LogP contribution in [0.3, 0.4) is 0 Å². The number of para-hydroxylation sites is 1. The summed E-state index contributed by atoms with van der Waals surface area (Å²) in [5.41, 5.74) is 14.3. The second-order valence-corrected chi connectivity index (χ2v) is 5.45. The molecule has 4 N–H and O–H groups in total. The van der Waals surface area contributed by atoms with Crippen LogP contribution in [0.5, 0.6) is 0 Å². The van der Waals surface area contributed by atoms with Gasteiger partial charge in [-0.15, -0.1) is 0 Å². The van der Waals surface area contributed by atoms with E-state index in [9.17, 15) is 9.59 Å². The van der Waals surface area contributed by atoms with Gasteiger partial charge in [-0.3, -0.25) is 9.59 Å². The minimum Gasteiger partial charge on any atom is -0.399 e. The van der Waals surface area contributed by atoms with Crippen LogP contribution in [0.1, 0.15) is 31.8 Å². The van der Waals surface area contributed by atoms with Gasteiger partial charge in [0.1, 0.15) is 0 Å². The first-order chi connectivity index (χ1) is 11.6. The van der Waals surface area contributed by atoms with Crippen molar-refractivity contribution < 1.29 is 9.59 Å². The Hall–Kier alpha value is -3.40. The zero-order valence-corrected chi connectivity index (χ0v) is 12.9. The number of ketones is 2. The first kappa shape index (κ1) is 15.5. The van der Waals surface area contributed by atoms with Crippen LogP contribution in [0.2, 0.25) is 0 Å². The van der Waals surface area contributed by atoms with Crippen LogP contribution in [0.25, 0.3) is 0 Å². The number of rotatable bonds is 4. The smallest absolute Gasteiger partial charge is 0.195 e. The molecule has 0 aromatic heterocycles. The molecule has 3 aromatic rings. The largest absolute Gasteiger partial charge is 0.399 e. The third-order valence-corrected chi connectivity index (χ3v) is 3.74. The zero-order chi connectivity index (χ0) is 17.1. The molecule has 0 aliphatic carbocycles. The van der Waals surface area contributed by atoms with Gasteiger partial charge in [-0.1, -0.05) is 42.5 Å². The van der Waals surface area contributed by atoms with Gasteiger partial charge in [-0.2, -0.15) is 0 Å². The summed E-state index contributed by atoms with van der Waals surface area (Å²) in [6, 6.07) is 20.2. The summed E-state index contributed by atoms with van der Waals surface area (Å²) in [4.78, 5) is 25.2. The molecule has 0 amide bonds. The van der Waals surface area contributed by atoms with E-state index in [1.54, 1.807) is 72.8 Å². The fourth-order valence-electron chi connectivity index (χ4n) is 2.51. The Balaban J connectivity index is 1.96. The van der Waals surface area contributed by atoms with E-state index in [2.05, 4.69) is 0 Å². The number of hydrogen-bond acceptors (Lipinski definition) is 4. The highest BCUT2D eigenvalue weighted by molar-refractivity contribution is 6.14. The molecule has 118 valence electrons. The fraction of sp³-hybridized carbons (Fsp3) is 0. The van der Waals surface area contributed by atoms with Crippen LogP contribution in [0.15, 0.2) is 72.8 Å². The summed E-state index contributed by atoms with van der Waals surface area (Å²) in [7, 11) is 0. The Morgan fingerprint density at radius 2 is 1.21 bits per heavy atom. The number of nitrogen functional groups attached to an aromatic ring is 2. The first-order valence-corrected chi connectivity index (χ1v) is 7.46. The highest BCUT2D eigenvalue weighted by atomic mass is 16.1. The molecule has 0 radical (unpaired) electrons. The number of hydrogen-bond donors (Lipinski definition) is 2. The Labute approximate surface area is 139 Å². The zero-order valence-electron chi connectivity index (χ0n) is 12.9. The van der Waals surface area contributed by atoms with Gasteiger partial charge in [0.25, 0.3) is 0 Å². The Morgan fingerprint density at radius 1 is 0.625 bits per heavy atom. The number of carbonyl (C=O) groups excluding carboxylic acids is 2. The van der Waals surface area contributed by atoms with Crippen LogP contribution < -0.4 is 11.5 Å². The molecule has 0 atom stereocenters. The molecule has 0 saturated carbocycles. The summed E-state index contributed by atoms with van der Waals surface area (Å²) in [6.45, 7) is 0. The lowest BCUT2D eigenvalue weighted by Crippen LogP contribution is -2.08. The van der Waals surface area contributed by atoms with E-state index in [4.69, 9.17) is 11.5 Å². The summed E-state index contributed by atoms with van der Waals surface area (Å²) >= 11 is 0. The monoisotopic (exact) mass is 316 g/mol. The molecule has 24 heavy (non-hydrogen) atoms. The van der Waals surface area contributed by atoms with Crippen molar-refractivity contribution in [1.29, 1.82) is 0 Å². The SMILES string of the molecule is Nc1cccc(C(=O)c2cccc(C(=O)c3ccccc3N)c2)c1. The van der Waals surface area contributed by atoms with Gasteiger partial charge in [0.2, 0.25) is 0 Å². The Bertz CT molecular complexity index is 932. The Kier molecular flexibility index (Phi) is 4.12. The van der Waals surface area contributed by atoms with Crippen LogP contribution >= 0.6 is 0 Å². The molecule has 0 bridgehead atoms. The minimum absolute atomic E-state index is 0.182. The number of anilines is 2. The summed E-state index contributed by atoms with van der Waals surface area (Å²) in [5.74, 6) is -0.395. The lowest BCUT2D eigenvalue weighted by atomic mass is 9.97. The molecule has 3 rings (SSSR count). The van der Waals surface area contributed by atoms with Crippen LogP contribution in [0.4, 0.5) is 11.4 Å². The summed E-state index contributed by atoms with van der Waals surface area (Å²) in [5, 5.41) is 0. The molecule has 0 heterocycles. The van der Waals surface area contributed by atoms with Crippen molar-refractivity contribution in [3.05, 3.63) is 95.1 Å². The van der Waals surface area contributed by atoms with Crippen molar-refractivity contribution in [2.24, 2.45) is 0 Å². The summed E-state index contributed by atoms with van der Waals surface area (Å²) in [6.07, 6.45) is 0. The van der Waals surface area contributed by atoms with Gasteiger partial charge in [0.05, 0.1) is 0 Å². The molecule has 4 nitrogen and oxygen atoms in total. The molecule has 0 fully saturated rings. The molecule has 0 saturated heterocycles. The van der Waals surface area contributed by atoms with Crippen molar-refractivity contribution in [3.8, 4) is 0 Å². The molecule has 0 spiro atoms. The van der Waals surface area contributed by atoms with Crippen molar-refractivity contribution in [2.45, 2.75) is 0 Å². The van der Waals surface area contributed by atoms with Gasteiger partial charge in [-0.05, 0) is 30.3 Å². The highest BCUT2D eigenvalue weighted by Gasteiger charge is 2.15. The quantitative estimate of drug-likeness (QED) is 0.571. The molecule has 0 aliphatic heterocycles. The average molecular weight is 316 g/mol. The maximum Gasteiger partial charge on any atom is 0.195 e. The average Bonchev–Trinajstić information content (AvgIpc) is 2.61. The Morgan fingerprint density at radius 3 is 1.88 bits per heavy atom. The molecule has 3 aromatic carbocycles. The topological polar surface area (TPSA) is 86.2 Å². The fourth-order valence-corrected chi connectivity index (χ4v) is 2.51. The van der Waals surface area contributed by atoms with E-state index >= 15 is 0 Å². The first-order valence-electron chi connectivity index (χ1n) is 7.46. The second kappa shape index (κ2) is 6.38. The number of carbonyl (C=O) groups is 2. The van der Waals surface area contributed by atoms with Crippen molar-refractivity contribution in [3.63, 3.8) is 0 Å². The van der Waals surface area contributed by atoms with Gasteiger partial charge < -0.3 is 11.5 Å². The molecule has 0 aliphatic rings. The summed E-state index contributed by atoms with van der Waals surface area (Å²) < 4.78 is 0. The predicted molar refractivity (Wildman–Crippen MR) is 95.0 cm³/mol. The maximum atomic E-state index is 12.6. The van der Waals surface area contributed by atoms with Crippen molar-refractivity contribution in [1.82, 2.24) is 0 Å². The van der Waals surface area contributed by atoms with Gasteiger partial charge >= 0.3 is 0 Å². The molecule has 0 unspecified atom stereocenters. The third kappa shape index (κ3) is 3.03.